The Bertz CT molecular complexity index is 574. The summed E-state index contributed by atoms with van der Waals surface area (Å²) in [5, 5.41) is 1.93. The first-order valence-corrected chi connectivity index (χ1v) is 7.06. The molecule has 19 heavy (non-hydrogen) atoms. The molecule has 0 amide bonds. The van der Waals surface area contributed by atoms with E-state index in [-0.39, 0.29) is 5.82 Å². The van der Waals surface area contributed by atoms with Gasteiger partial charge in [-0.2, -0.15) is 0 Å². The van der Waals surface area contributed by atoms with E-state index in [0.717, 1.165) is 35.6 Å². The van der Waals surface area contributed by atoms with Crippen LogP contribution in [0.3, 0.4) is 0 Å². The number of hydrogen-bond acceptors (Lipinski definition) is 2. The Morgan fingerprint density at radius 1 is 1.21 bits per heavy atom. The van der Waals surface area contributed by atoms with Gasteiger partial charge in [0, 0.05) is 24.7 Å². The topological polar surface area (TPSA) is 16.1 Å². The van der Waals surface area contributed by atoms with E-state index >= 15 is 0 Å². The lowest BCUT2D eigenvalue weighted by Gasteiger charge is -2.32. The van der Waals surface area contributed by atoms with Crippen molar-refractivity contribution < 1.29 is 4.39 Å². The Kier molecular flexibility index (Phi) is 3.36. The normalized spacial score (nSPS) is 17.1. The van der Waals surface area contributed by atoms with Gasteiger partial charge in [0.05, 0.1) is 0 Å². The standard InChI is InChI=1S/C16H19FN2/c1-2-12-5-7-19(8-6-12)16-10-14-9-15(17)4-3-13(14)11-18-16/h3-4,9-12H,2,5-8H2,1H3. The minimum atomic E-state index is -0.186. The second kappa shape index (κ2) is 5.16. The first-order valence-electron chi connectivity index (χ1n) is 7.06. The third-order valence-corrected chi connectivity index (χ3v) is 4.19. The molecule has 0 bridgehead atoms. The van der Waals surface area contributed by atoms with Crippen molar-refractivity contribution in [1.82, 2.24) is 4.98 Å². The van der Waals surface area contributed by atoms with Crippen LogP contribution >= 0.6 is 0 Å². The molecule has 0 unspecified atom stereocenters. The van der Waals surface area contributed by atoms with Crippen molar-refractivity contribution in [3.8, 4) is 0 Å². The number of halogens is 1. The fraction of sp³-hybridized carbons (Fsp3) is 0.438. The monoisotopic (exact) mass is 258 g/mol. The van der Waals surface area contributed by atoms with E-state index in [1.165, 1.54) is 25.3 Å². The molecule has 2 aromatic rings. The summed E-state index contributed by atoms with van der Waals surface area (Å²) in [7, 11) is 0. The Balaban J connectivity index is 1.85. The molecule has 2 heterocycles. The third-order valence-electron chi connectivity index (χ3n) is 4.19. The predicted octanol–water partition coefficient (Wildman–Crippen LogP) is 4.00. The van der Waals surface area contributed by atoms with Gasteiger partial charge in [0.25, 0.3) is 0 Å². The van der Waals surface area contributed by atoms with Crippen LogP contribution in [0.15, 0.2) is 30.5 Å². The van der Waals surface area contributed by atoms with E-state index in [9.17, 15) is 4.39 Å². The van der Waals surface area contributed by atoms with Crippen molar-refractivity contribution >= 4 is 16.6 Å². The predicted molar refractivity (Wildman–Crippen MR) is 76.9 cm³/mol. The molecule has 1 saturated heterocycles. The van der Waals surface area contributed by atoms with Crippen LogP contribution < -0.4 is 4.90 Å². The maximum absolute atomic E-state index is 13.3. The summed E-state index contributed by atoms with van der Waals surface area (Å²) in [6, 6.07) is 6.85. The van der Waals surface area contributed by atoms with Crippen molar-refractivity contribution in [2.24, 2.45) is 5.92 Å². The quantitative estimate of drug-likeness (QED) is 0.809. The molecule has 2 nitrogen and oxygen atoms in total. The number of fused-ring (bicyclic) bond motifs is 1. The highest BCUT2D eigenvalue weighted by molar-refractivity contribution is 5.84. The molecule has 1 aliphatic rings. The highest BCUT2D eigenvalue weighted by Crippen LogP contribution is 2.26. The fourth-order valence-corrected chi connectivity index (χ4v) is 2.84. The molecule has 3 rings (SSSR count). The Labute approximate surface area is 113 Å². The van der Waals surface area contributed by atoms with E-state index in [2.05, 4.69) is 16.8 Å². The first kappa shape index (κ1) is 12.4. The number of pyridine rings is 1. The second-order valence-electron chi connectivity index (χ2n) is 5.37. The van der Waals surface area contributed by atoms with Crippen molar-refractivity contribution in [3.05, 3.63) is 36.3 Å². The van der Waals surface area contributed by atoms with Gasteiger partial charge in [-0.05, 0) is 48.4 Å². The highest BCUT2D eigenvalue weighted by atomic mass is 19.1. The molecule has 3 heteroatoms. The lowest BCUT2D eigenvalue weighted by Crippen LogP contribution is -2.33. The molecule has 100 valence electrons. The van der Waals surface area contributed by atoms with Gasteiger partial charge in [0.2, 0.25) is 0 Å². The van der Waals surface area contributed by atoms with Gasteiger partial charge in [-0.25, -0.2) is 9.37 Å². The minimum absolute atomic E-state index is 0.186. The number of rotatable bonds is 2. The Hall–Kier alpha value is -1.64. The second-order valence-corrected chi connectivity index (χ2v) is 5.37. The van der Waals surface area contributed by atoms with E-state index < -0.39 is 0 Å². The number of piperidine rings is 1. The third kappa shape index (κ3) is 2.55. The zero-order valence-electron chi connectivity index (χ0n) is 11.3. The van der Waals surface area contributed by atoms with E-state index in [1.807, 2.05) is 12.3 Å². The van der Waals surface area contributed by atoms with Gasteiger partial charge >= 0.3 is 0 Å². The molecule has 0 spiro atoms. The van der Waals surface area contributed by atoms with Crippen molar-refractivity contribution in [2.45, 2.75) is 26.2 Å². The van der Waals surface area contributed by atoms with Crippen LogP contribution in [0, 0.1) is 11.7 Å². The zero-order valence-corrected chi connectivity index (χ0v) is 11.3. The molecule has 1 fully saturated rings. The zero-order chi connectivity index (χ0) is 13.2. The molecule has 0 N–H and O–H groups in total. The largest absolute Gasteiger partial charge is 0.357 e. The summed E-state index contributed by atoms with van der Waals surface area (Å²) in [5.41, 5.74) is 0. The lowest BCUT2D eigenvalue weighted by molar-refractivity contribution is 0.394. The molecule has 0 saturated carbocycles. The maximum atomic E-state index is 13.3. The molecule has 1 aromatic carbocycles. The smallest absolute Gasteiger partial charge is 0.129 e. The van der Waals surface area contributed by atoms with E-state index in [4.69, 9.17) is 0 Å². The summed E-state index contributed by atoms with van der Waals surface area (Å²) < 4.78 is 13.3. The summed E-state index contributed by atoms with van der Waals surface area (Å²) in [4.78, 5) is 6.83. The summed E-state index contributed by atoms with van der Waals surface area (Å²) in [6.45, 7) is 4.38. The summed E-state index contributed by atoms with van der Waals surface area (Å²) in [5.74, 6) is 1.65. The first-order chi connectivity index (χ1) is 9.26. The van der Waals surface area contributed by atoms with Crippen LogP contribution in [-0.4, -0.2) is 18.1 Å². The maximum Gasteiger partial charge on any atom is 0.129 e. The molecule has 0 atom stereocenters. The van der Waals surface area contributed by atoms with Crippen LogP contribution in [0.5, 0.6) is 0 Å². The fourth-order valence-electron chi connectivity index (χ4n) is 2.84. The van der Waals surface area contributed by atoms with Gasteiger partial charge in [0.15, 0.2) is 0 Å². The minimum Gasteiger partial charge on any atom is -0.357 e. The Morgan fingerprint density at radius 2 is 2.00 bits per heavy atom. The summed E-state index contributed by atoms with van der Waals surface area (Å²) >= 11 is 0. The molecule has 0 aliphatic carbocycles. The SMILES string of the molecule is CCC1CCN(c2cc3cc(F)ccc3cn2)CC1. The van der Waals surface area contributed by atoms with Gasteiger partial charge in [-0.1, -0.05) is 13.3 Å². The van der Waals surface area contributed by atoms with Gasteiger partial charge in [0.1, 0.15) is 11.6 Å². The van der Waals surface area contributed by atoms with Crippen LogP contribution in [0.25, 0.3) is 10.8 Å². The van der Waals surface area contributed by atoms with E-state index in [0.29, 0.717) is 0 Å². The van der Waals surface area contributed by atoms with Gasteiger partial charge < -0.3 is 4.90 Å². The number of hydrogen-bond donors (Lipinski definition) is 0. The van der Waals surface area contributed by atoms with Crippen LogP contribution in [0.1, 0.15) is 26.2 Å². The van der Waals surface area contributed by atoms with Gasteiger partial charge in [-0.3, -0.25) is 0 Å². The van der Waals surface area contributed by atoms with Crippen LogP contribution in [0.2, 0.25) is 0 Å². The lowest BCUT2D eigenvalue weighted by atomic mass is 9.94. The molecule has 1 aliphatic heterocycles. The molecular formula is C16H19FN2. The van der Waals surface area contributed by atoms with Crippen molar-refractivity contribution in [3.63, 3.8) is 0 Å². The average molecular weight is 258 g/mol. The van der Waals surface area contributed by atoms with E-state index in [1.54, 1.807) is 12.1 Å². The molecule has 1 aromatic heterocycles. The van der Waals surface area contributed by atoms with Crippen LogP contribution in [0.4, 0.5) is 10.2 Å². The van der Waals surface area contributed by atoms with Crippen LogP contribution in [-0.2, 0) is 0 Å². The number of benzene rings is 1. The molecular weight excluding hydrogens is 239 g/mol. The Morgan fingerprint density at radius 3 is 2.74 bits per heavy atom. The van der Waals surface area contributed by atoms with Crippen molar-refractivity contribution in [2.75, 3.05) is 18.0 Å². The van der Waals surface area contributed by atoms with Gasteiger partial charge in [-0.15, -0.1) is 0 Å². The number of aromatic nitrogens is 1. The average Bonchev–Trinajstić information content (AvgIpc) is 2.46. The number of nitrogens with zero attached hydrogens (tertiary/aromatic N) is 2. The van der Waals surface area contributed by atoms with Crippen molar-refractivity contribution in [1.29, 1.82) is 0 Å². The number of anilines is 1. The summed E-state index contributed by atoms with van der Waals surface area (Å²) in [6.07, 6.45) is 5.58. The molecule has 0 radical (unpaired) electrons. The highest BCUT2D eigenvalue weighted by Gasteiger charge is 2.18.